The van der Waals surface area contributed by atoms with Crippen molar-refractivity contribution in [2.24, 2.45) is 0 Å². The summed E-state index contributed by atoms with van der Waals surface area (Å²) in [5.41, 5.74) is 4.98. The van der Waals surface area contributed by atoms with Crippen LogP contribution in [0.2, 0.25) is 0 Å². The first kappa shape index (κ1) is 24.6. The summed E-state index contributed by atoms with van der Waals surface area (Å²) in [6.45, 7) is 4.34. The van der Waals surface area contributed by atoms with Gasteiger partial charge < -0.3 is 15.4 Å². The number of aryl methyl sites for hydroxylation is 1. The molecule has 0 unspecified atom stereocenters. The lowest BCUT2D eigenvalue weighted by molar-refractivity contribution is 0.0602. The summed E-state index contributed by atoms with van der Waals surface area (Å²) in [5, 5.41) is 11.9. The van der Waals surface area contributed by atoms with Gasteiger partial charge in [-0.25, -0.2) is 9.18 Å². The van der Waals surface area contributed by atoms with Crippen LogP contribution in [0.3, 0.4) is 0 Å². The number of nitrogens with zero attached hydrogens (tertiary/aromatic N) is 2. The lowest BCUT2D eigenvalue weighted by Gasteiger charge is -2.11. The summed E-state index contributed by atoms with van der Waals surface area (Å²) in [6, 6.07) is 18.2. The van der Waals surface area contributed by atoms with E-state index in [1.807, 2.05) is 54.9 Å². The highest BCUT2D eigenvalue weighted by molar-refractivity contribution is 7.80. The van der Waals surface area contributed by atoms with E-state index in [0.29, 0.717) is 28.6 Å². The van der Waals surface area contributed by atoms with Crippen LogP contribution in [0, 0.1) is 19.7 Å². The van der Waals surface area contributed by atoms with Crippen LogP contribution in [-0.2, 0) is 17.7 Å². The van der Waals surface area contributed by atoms with Gasteiger partial charge in [-0.2, -0.15) is 5.10 Å². The van der Waals surface area contributed by atoms with Crippen LogP contribution >= 0.6 is 23.6 Å². The van der Waals surface area contributed by atoms with Crippen LogP contribution in [0.4, 0.5) is 15.1 Å². The van der Waals surface area contributed by atoms with Crippen molar-refractivity contribution in [3.05, 3.63) is 99.4 Å². The molecule has 35 heavy (non-hydrogen) atoms. The number of hydrogen-bond acceptors (Lipinski definition) is 5. The van der Waals surface area contributed by atoms with Gasteiger partial charge in [0.05, 0.1) is 36.3 Å². The molecule has 2 aromatic carbocycles. The fourth-order valence-electron chi connectivity index (χ4n) is 3.72. The molecule has 0 fully saturated rings. The average molecular weight is 509 g/mol. The van der Waals surface area contributed by atoms with E-state index in [1.165, 1.54) is 30.6 Å². The summed E-state index contributed by atoms with van der Waals surface area (Å²) >= 11 is 7.03. The molecule has 2 N–H and O–H groups in total. The van der Waals surface area contributed by atoms with E-state index in [9.17, 15) is 9.18 Å². The Balaban J connectivity index is 1.50. The second-order valence-corrected chi connectivity index (χ2v) is 9.56. The van der Waals surface area contributed by atoms with Crippen molar-refractivity contribution in [1.82, 2.24) is 9.78 Å². The fraction of sp³-hybridized carbons (Fsp3) is 0.192. The molecule has 0 radical (unpaired) electrons. The molecule has 0 saturated carbocycles. The fourth-order valence-corrected chi connectivity index (χ4v) is 5.07. The van der Waals surface area contributed by atoms with E-state index in [1.54, 1.807) is 12.1 Å². The highest BCUT2D eigenvalue weighted by Gasteiger charge is 2.19. The van der Waals surface area contributed by atoms with E-state index in [2.05, 4.69) is 15.7 Å². The van der Waals surface area contributed by atoms with Crippen LogP contribution < -0.4 is 10.6 Å². The number of rotatable bonds is 7. The molecule has 0 bridgehead atoms. The number of anilines is 2. The molecule has 6 nitrogen and oxygen atoms in total. The molecule has 2 heterocycles. The van der Waals surface area contributed by atoms with E-state index in [-0.39, 0.29) is 5.82 Å². The Bertz CT molecular complexity index is 1350. The highest BCUT2D eigenvalue weighted by Crippen LogP contribution is 2.31. The molecule has 4 aromatic rings. The molecule has 2 aromatic heterocycles. The van der Waals surface area contributed by atoms with Crippen molar-refractivity contribution >= 4 is 45.3 Å². The number of thiocarbonyl (C=S) groups is 1. The predicted molar refractivity (Wildman–Crippen MR) is 142 cm³/mol. The molecular formula is C26H25FN4O2S2. The van der Waals surface area contributed by atoms with E-state index < -0.39 is 5.97 Å². The number of thiophene rings is 1. The minimum absolute atomic E-state index is 0.271. The lowest BCUT2D eigenvalue weighted by atomic mass is 10.1. The predicted octanol–water partition coefficient (Wildman–Crippen LogP) is 5.94. The number of benzene rings is 2. The van der Waals surface area contributed by atoms with Gasteiger partial charge in [0.25, 0.3) is 0 Å². The molecule has 0 aliphatic heterocycles. The van der Waals surface area contributed by atoms with Crippen LogP contribution in [0.15, 0.2) is 60.7 Å². The minimum Gasteiger partial charge on any atom is -0.465 e. The van der Waals surface area contributed by atoms with E-state index >= 15 is 0 Å². The van der Waals surface area contributed by atoms with Crippen LogP contribution in [0.1, 0.15) is 37.7 Å². The minimum atomic E-state index is -0.426. The van der Waals surface area contributed by atoms with Gasteiger partial charge in [-0.1, -0.05) is 42.5 Å². The first-order chi connectivity index (χ1) is 16.8. The van der Waals surface area contributed by atoms with Gasteiger partial charge in [0.2, 0.25) is 0 Å². The number of halogens is 1. The first-order valence-corrected chi connectivity index (χ1v) is 12.2. The van der Waals surface area contributed by atoms with Gasteiger partial charge in [0.1, 0.15) is 10.8 Å². The molecule has 0 atom stereocenters. The zero-order valence-corrected chi connectivity index (χ0v) is 21.2. The number of methoxy groups -OCH3 is 1. The van der Waals surface area contributed by atoms with Crippen molar-refractivity contribution < 1.29 is 13.9 Å². The number of esters is 1. The third-order valence-electron chi connectivity index (χ3n) is 5.50. The van der Waals surface area contributed by atoms with Crippen LogP contribution in [0.5, 0.6) is 0 Å². The van der Waals surface area contributed by atoms with Gasteiger partial charge in [-0.3, -0.25) is 4.68 Å². The summed E-state index contributed by atoms with van der Waals surface area (Å²) in [4.78, 5) is 13.4. The van der Waals surface area contributed by atoms with Crippen molar-refractivity contribution in [1.29, 1.82) is 0 Å². The van der Waals surface area contributed by atoms with Crippen molar-refractivity contribution in [2.45, 2.75) is 26.8 Å². The monoisotopic (exact) mass is 508 g/mol. The van der Waals surface area contributed by atoms with Gasteiger partial charge >= 0.3 is 5.97 Å². The van der Waals surface area contributed by atoms with Crippen LogP contribution in [-0.4, -0.2) is 28.0 Å². The zero-order chi connectivity index (χ0) is 24.9. The van der Waals surface area contributed by atoms with E-state index in [4.69, 9.17) is 17.0 Å². The second kappa shape index (κ2) is 10.8. The smallest absolute Gasteiger partial charge is 0.340 e. The Morgan fingerprint density at radius 1 is 1.09 bits per heavy atom. The molecule has 180 valence electrons. The number of nitrogens with one attached hydrogen (secondary N) is 2. The van der Waals surface area contributed by atoms with Gasteiger partial charge in [-0.05, 0) is 55.4 Å². The summed E-state index contributed by atoms with van der Waals surface area (Å²) in [6.07, 6.45) is 0.700. The van der Waals surface area contributed by atoms with Gasteiger partial charge in [-0.15, -0.1) is 11.3 Å². The quantitative estimate of drug-likeness (QED) is 0.238. The molecule has 4 rings (SSSR count). The lowest BCUT2D eigenvalue weighted by Crippen LogP contribution is -2.20. The Morgan fingerprint density at radius 3 is 2.49 bits per heavy atom. The summed E-state index contributed by atoms with van der Waals surface area (Å²) in [5.74, 6) is -0.696. The van der Waals surface area contributed by atoms with Gasteiger partial charge in [0.15, 0.2) is 5.11 Å². The summed E-state index contributed by atoms with van der Waals surface area (Å²) < 4.78 is 20.0. The molecule has 9 heteroatoms. The number of carbonyl (C=O) groups is 1. The largest absolute Gasteiger partial charge is 0.465 e. The average Bonchev–Trinajstić information content (AvgIpc) is 3.35. The molecule has 0 aliphatic rings. The maximum Gasteiger partial charge on any atom is 0.340 e. The van der Waals surface area contributed by atoms with Crippen molar-refractivity contribution in [3.63, 3.8) is 0 Å². The number of carbonyl (C=O) groups excluding carboxylic acids is 1. The number of hydrogen-bond donors (Lipinski definition) is 2. The Kier molecular flexibility index (Phi) is 7.57. The maximum atomic E-state index is 13.2. The topological polar surface area (TPSA) is 68.2 Å². The SMILES string of the molecule is COC(=O)c1cc(Cc2ccccc2)sc1NC(=S)Nc1c(C)nn(Cc2ccc(F)cc2)c1C. The summed E-state index contributed by atoms with van der Waals surface area (Å²) in [7, 11) is 1.36. The molecule has 0 amide bonds. The second-order valence-electron chi connectivity index (χ2n) is 8.02. The third-order valence-corrected chi connectivity index (χ3v) is 6.76. The Labute approximate surface area is 212 Å². The standard InChI is InChI=1S/C26H25FN4O2S2/c1-16-23(17(2)31(30-16)15-19-9-11-20(27)12-10-19)28-26(34)29-24-22(25(32)33-3)14-21(35-24)13-18-7-5-4-6-8-18/h4-12,14H,13,15H2,1-3H3,(H2,28,29,34). The maximum absolute atomic E-state index is 13.2. The molecule has 0 saturated heterocycles. The van der Waals surface area contributed by atoms with Gasteiger partial charge in [0, 0.05) is 11.3 Å². The normalized spacial score (nSPS) is 10.7. The first-order valence-electron chi connectivity index (χ1n) is 11.0. The Morgan fingerprint density at radius 2 is 1.80 bits per heavy atom. The van der Waals surface area contributed by atoms with E-state index in [0.717, 1.165) is 33.1 Å². The number of aromatic nitrogens is 2. The zero-order valence-electron chi connectivity index (χ0n) is 19.6. The van der Waals surface area contributed by atoms with Crippen molar-refractivity contribution in [3.8, 4) is 0 Å². The number of ether oxygens (including phenoxy) is 1. The highest BCUT2D eigenvalue weighted by atomic mass is 32.1. The molecule has 0 spiro atoms. The third kappa shape index (κ3) is 5.93. The van der Waals surface area contributed by atoms with Crippen molar-refractivity contribution in [2.75, 3.05) is 17.7 Å². The van der Waals surface area contributed by atoms with Crippen LogP contribution in [0.25, 0.3) is 0 Å². The molecule has 0 aliphatic carbocycles. The molecular weight excluding hydrogens is 483 g/mol. The Hall–Kier alpha value is -3.56.